The highest BCUT2D eigenvalue weighted by molar-refractivity contribution is 6.01. The molecule has 3 unspecified atom stereocenters. The number of rotatable bonds is 0. The molecule has 1 fully saturated rings. The zero-order valence-corrected chi connectivity index (χ0v) is 13.1. The molecule has 20 heavy (non-hydrogen) atoms. The van der Waals surface area contributed by atoms with Crippen LogP contribution in [0.15, 0.2) is 34.4 Å². The van der Waals surface area contributed by atoms with E-state index in [0.29, 0.717) is 18.1 Å². The third-order valence-electron chi connectivity index (χ3n) is 6.08. The van der Waals surface area contributed by atoms with Crippen molar-refractivity contribution in [1.82, 2.24) is 0 Å². The number of hydrogen-bond acceptors (Lipinski definition) is 2. The van der Waals surface area contributed by atoms with Crippen LogP contribution in [0, 0.1) is 11.3 Å². The van der Waals surface area contributed by atoms with E-state index in [-0.39, 0.29) is 11.0 Å². The number of carbonyl (C=O) groups excluding carboxylic acids is 1. The molecule has 0 aromatic heterocycles. The Bertz CT molecular complexity index is 595. The normalized spacial score (nSPS) is 41.1. The van der Waals surface area contributed by atoms with Gasteiger partial charge < -0.3 is 5.73 Å². The predicted molar refractivity (Wildman–Crippen MR) is 82.2 cm³/mol. The van der Waals surface area contributed by atoms with Crippen molar-refractivity contribution in [1.29, 1.82) is 0 Å². The van der Waals surface area contributed by atoms with Gasteiger partial charge in [0.15, 0.2) is 5.78 Å². The van der Waals surface area contributed by atoms with E-state index in [4.69, 9.17) is 5.73 Å². The molecule has 0 saturated heterocycles. The Kier molecular flexibility index (Phi) is 2.72. The lowest BCUT2D eigenvalue weighted by Crippen LogP contribution is -2.46. The van der Waals surface area contributed by atoms with Crippen LogP contribution in [0.4, 0.5) is 0 Å². The highest BCUT2D eigenvalue weighted by atomic mass is 16.1. The number of fused-ring (bicyclic) bond motifs is 3. The molecule has 0 amide bonds. The summed E-state index contributed by atoms with van der Waals surface area (Å²) in [7, 11) is 0. The van der Waals surface area contributed by atoms with Crippen molar-refractivity contribution in [3.63, 3.8) is 0 Å². The molecule has 0 aliphatic heterocycles. The van der Waals surface area contributed by atoms with Gasteiger partial charge >= 0.3 is 0 Å². The fraction of sp³-hybridized carbons (Fsp3) is 0.611. The second-order valence-electron chi connectivity index (χ2n) is 7.42. The van der Waals surface area contributed by atoms with Gasteiger partial charge in [0.05, 0.1) is 0 Å². The Hall–Kier alpha value is -1.15. The summed E-state index contributed by atoms with van der Waals surface area (Å²) < 4.78 is 0. The van der Waals surface area contributed by atoms with E-state index < -0.39 is 0 Å². The molecular formula is C18H25NO. The quantitative estimate of drug-likeness (QED) is 0.730. The molecule has 3 atom stereocenters. The van der Waals surface area contributed by atoms with Crippen LogP contribution in [-0.2, 0) is 4.79 Å². The molecule has 0 aromatic carbocycles. The number of Topliss-reactive ketones (excluding diaryl/α,β-unsaturated/α-hetero) is 1. The Balaban J connectivity index is 2.32. The topological polar surface area (TPSA) is 43.1 Å². The second-order valence-corrected chi connectivity index (χ2v) is 7.42. The zero-order chi connectivity index (χ0) is 14.9. The number of ketones is 1. The first-order valence-corrected chi connectivity index (χ1v) is 7.64. The predicted octanol–water partition coefficient (Wildman–Crippen LogP) is 3.69. The first-order valence-electron chi connectivity index (χ1n) is 7.64. The third-order valence-corrected chi connectivity index (χ3v) is 6.08. The van der Waals surface area contributed by atoms with Crippen molar-refractivity contribution in [2.24, 2.45) is 17.1 Å². The van der Waals surface area contributed by atoms with Crippen LogP contribution in [-0.4, -0.2) is 11.3 Å². The van der Waals surface area contributed by atoms with Crippen LogP contribution in [0.25, 0.3) is 0 Å². The lowest BCUT2D eigenvalue weighted by atomic mass is 9.74. The first-order chi connectivity index (χ1) is 9.20. The molecule has 3 aliphatic rings. The van der Waals surface area contributed by atoms with Gasteiger partial charge in [0.1, 0.15) is 0 Å². The maximum Gasteiger partial charge on any atom is 0.159 e. The largest absolute Gasteiger partial charge is 0.321 e. The van der Waals surface area contributed by atoms with E-state index in [1.165, 1.54) is 16.7 Å². The van der Waals surface area contributed by atoms with Gasteiger partial charge in [0, 0.05) is 17.4 Å². The third kappa shape index (κ3) is 1.52. The maximum atomic E-state index is 12.3. The van der Waals surface area contributed by atoms with E-state index in [1.807, 2.05) is 6.92 Å². The van der Waals surface area contributed by atoms with Crippen LogP contribution in [0.1, 0.15) is 53.4 Å². The second kappa shape index (κ2) is 3.94. The lowest BCUT2D eigenvalue weighted by molar-refractivity contribution is -0.116. The summed E-state index contributed by atoms with van der Waals surface area (Å²) in [6.07, 6.45) is 3.65. The van der Waals surface area contributed by atoms with Gasteiger partial charge in [-0.05, 0) is 66.9 Å². The van der Waals surface area contributed by atoms with E-state index in [1.54, 1.807) is 0 Å². The first kappa shape index (κ1) is 13.8. The Morgan fingerprint density at radius 1 is 1.20 bits per heavy atom. The van der Waals surface area contributed by atoms with Crippen LogP contribution in [0.2, 0.25) is 0 Å². The van der Waals surface area contributed by atoms with Crippen LogP contribution >= 0.6 is 0 Å². The SMILES string of the molecule is C=C1CC2(N)C(=C1C)C1=C(C)C(=O)CC1(C)CCC2C. The smallest absolute Gasteiger partial charge is 0.159 e. The summed E-state index contributed by atoms with van der Waals surface area (Å²) in [5.74, 6) is 0.738. The van der Waals surface area contributed by atoms with Crippen molar-refractivity contribution in [2.45, 2.75) is 58.9 Å². The molecule has 2 nitrogen and oxygen atoms in total. The molecule has 108 valence electrons. The van der Waals surface area contributed by atoms with E-state index in [0.717, 1.165) is 30.4 Å². The Morgan fingerprint density at radius 3 is 2.50 bits per heavy atom. The van der Waals surface area contributed by atoms with Crippen molar-refractivity contribution in [3.8, 4) is 0 Å². The van der Waals surface area contributed by atoms with Gasteiger partial charge in [0.25, 0.3) is 0 Å². The summed E-state index contributed by atoms with van der Waals surface area (Å²) in [5, 5.41) is 0. The monoisotopic (exact) mass is 271 g/mol. The minimum Gasteiger partial charge on any atom is -0.321 e. The fourth-order valence-electron chi connectivity index (χ4n) is 4.60. The molecule has 1 saturated carbocycles. The van der Waals surface area contributed by atoms with Crippen molar-refractivity contribution in [2.75, 3.05) is 0 Å². The van der Waals surface area contributed by atoms with E-state index in [2.05, 4.69) is 27.4 Å². The molecular weight excluding hydrogens is 246 g/mol. The summed E-state index contributed by atoms with van der Waals surface area (Å²) >= 11 is 0. The van der Waals surface area contributed by atoms with Crippen LogP contribution in [0.5, 0.6) is 0 Å². The Morgan fingerprint density at radius 2 is 1.85 bits per heavy atom. The van der Waals surface area contributed by atoms with Gasteiger partial charge in [0.2, 0.25) is 0 Å². The minimum absolute atomic E-state index is 0.0161. The number of allylic oxidation sites excluding steroid dienone is 2. The van der Waals surface area contributed by atoms with Crippen molar-refractivity contribution < 1.29 is 4.79 Å². The van der Waals surface area contributed by atoms with Gasteiger partial charge in [-0.1, -0.05) is 20.4 Å². The molecule has 0 heterocycles. The van der Waals surface area contributed by atoms with Gasteiger partial charge in [-0.3, -0.25) is 4.79 Å². The van der Waals surface area contributed by atoms with Crippen molar-refractivity contribution >= 4 is 5.78 Å². The molecule has 3 rings (SSSR count). The number of hydrogen-bond donors (Lipinski definition) is 1. The molecule has 3 aliphatic carbocycles. The molecule has 0 aromatic rings. The summed E-state index contributed by atoms with van der Waals surface area (Å²) in [5.41, 5.74) is 12.3. The van der Waals surface area contributed by atoms with Gasteiger partial charge in [-0.25, -0.2) is 0 Å². The van der Waals surface area contributed by atoms with Crippen LogP contribution in [0.3, 0.4) is 0 Å². The molecule has 0 spiro atoms. The average Bonchev–Trinajstić information content (AvgIpc) is 2.68. The van der Waals surface area contributed by atoms with Crippen molar-refractivity contribution in [3.05, 3.63) is 34.4 Å². The van der Waals surface area contributed by atoms with Gasteiger partial charge in [-0.2, -0.15) is 0 Å². The minimum atomic E-state index is -0.319. The summed E-state index contributed by atoms with van der Waals surface area (Å²) in [6.45, 7) is 12.8. The summed E-state index contributed by atoms with van der Waals surface area (Å²) in [4.78, 5) is 12.3. The Labute approximate surface area is 121 Å². The molecule has 2 heteroatoms. The standard InChI is InChI=1S/C18H25NO/c1-10-8-18(19)11(2)6-7-17(5)9-14(20)13(4)15(17)16(18)12(10)3/h11H,1,6-9,19H2,2-5H3. The number of carbonyl (C=O) groups is 1. The molecule has 2 N–H and O–H groups in total. The van der Waals surface area contributed by atoms with E-state index in [9.17, 15) is 4.79 Å². The van der Waals surface area contributed by atoms with Crippen LogP contribution < -0.4 is 5.73 Å². The average molecular weight is 271 g/mol. The number of nitrogens with two attached hydrogens (primary N) is 1. The summed E-state index contributed by atoms with van der Waals surface area (Å²) in [6, 6.07) is 0. The molecule has 0 radical (unpaired) electrons. The highest BCUT2D eigenvalue weighted by Crippen LogP contribution is 2.58. The fourth-order valence-corrected chi connectivity index (χ4v) is 4.60. The molecule has 0 bridgehead atoms. The highest BCUT2D eigenvalue weighted by Gasteiger charge is 2.53. The lowest BCUT2D eigenvalue weighted by Gasteiger charge is -2.34. The van der Waals surface area contributed by atoms with E-state index >= 15 is 0 Å². The van der Waals surface area contributed by atoms with Gasteiger partial charge in [-0.15, -0.1) is 0 Å². The maximum absolute atomic E-state index is 12.3. The zero-order valence-electron chi connectivity index (χ0n) is 13.1.